The van der Waals surface area contributed by atoms with Crippen LogP contribution < -0.4 is 4.57 Å². The van der Waals surface area contributed by atoms with E-state index in [0.717, 1.165) is 4.70 Å². The first-order valence-electron chi connectivity index (χ1n) is 6.84. The number of hydrogen-bond acceptors (Lipinski definition) is 4. The first-order valence-corrected chi connectivity index (χ1v) is 9.16. The molecule has 124 valence electrons. The first-order chi connectivity index (χ1) is 10.9. The van der Waals surface area contributed by atoms with Crippen LogP contribution in [-0.2, 0) is 14.9 Å². The lowest BCUT2D eigenvalue weighted by atomic mass is 10.3. The number of hydrogen-bond donors (Lipinski definition) is 1. The third kappa shape index (κ3) is 3.95. The van der Waals surface area contributed by atoms with E-state index in [1.807, 2.05) is 0 Å². The average Bonchev–Trinajstić information content (AvgIpc) is 2.81. The third-order valence-electron chi connectivity index (χ3n) is 3.18. The van der Waals surface area contributed by atoms with E-state index in [-0.39, 0.29) is 6.42 Å². The van der Waals surface area contributed by atoms with Crippen LogP contribution in [0, 0.1) is 5.82 Å². The fourth-order valence-electron chi connectivity index (χ4n) is 2.25. The summed E-state index contributed by atoms with van der Waals surface area (Å²) in [6.07, 6.45) is 6.63. The summed E-state index contributed by atoms with van der Waals surface area (Å²) in [7, 11) is -2.82. The summed E-state index contributed by atoms with van der Waals surface area (Å²) < 4.78 is 53.5. The van der Waals surface area contributed by atoms with Gasteiger partial charge in [0.2, 0.25) is 5.52 Å². The zero-order valence-corrected chi connectivity index (χ0v) is 14.3. The van der Waals surface area contributed by atoms with E-state index in [0.29, 0.717) is 10.5 Å². The summed E-state index contributed by atoms with van der Waals surface area (Å²) in [4.78, 5) is 0. The van der Waals surface area contributed by atoms with Gasteiger partial charge in [-0.15, -0.1) is 0 Å². The zero-order chi connectivity index (χ0) is 17.0. The number of fused-ring (bicyclic) bond motifs is 1. The van der Waals surface area contributed by atoms with Gasteiger partial charge in [0.25, 0.3) is 10.4 Å². The van der Waals surface area contributed by atoms with Gasteiger partial charge in [0.15, 0.2) is 0 Å². The molecule has 0 aliphatic rings. The normalized spacial score (nSPS) is 14.1. The summed E-state index contributed by atoms with van der Waals surface area (Å²) in [5.74, 6) is -0.468. The molecule has 8 heteroatoms. The number of nitrogens with zero attached hydrogens (tertiary/aromatic N) is 1. The van der Waals surface area contributed by atoms with Crippen molar-refractivity contribution in [2.75, 3.05) is 7.11 Å². The Hall–Kier alpha value is -1.77. The summed E-state index contributed by atoms with van der Waals surface area (Å²) in [6.45, 7) is 1.65. The summed E-state index contributed by atoms with van der Waals surface area (Å²) in [5, 5.41) is -0.597. The van der Waals surface area contributed by atoms with Crippen molar-refractivity contribution in [1.82, 2.24) is 0 Å². The van der Waals surface area contributed by atoms with Gasteiger partial charge in [-0.25, -0.2) is 4.39 Å². The van der Waals surface area contributed by atoms with Crippen molar-refractivity contribution in [3.63, 3.8) is 0 Å². The van der Waals surface area contributed by atoms with Crippen molar-refractivity contribution in [2.24, 2.45) is 0 Å². The second-order valence-electron chi connectivity index (χ2n) is 4.72. The first kappa shape index (κ1) is 17.6. The molecule has 23 heavy (non-hydrogen) atoms. The average molecular weight is 358 g/mol. The highest BCUT2D eigenvalue weighted by atomic mass is 32.2. The van der Waals surface area contributed by atoms with Crippen molar-refractivity contribution in [1.29, 1.82) is 0 Å². The van der Waals surface area contributed by atoms with Gasteiger partial charge >= 0.3 is 10.1 Å². The molecular weight excluding hydrogens is 341 g/mol. The molecule has 0 amide bonds. The molecule has 0 spiro atoms. The topological polar surface area (TPSA) is 67.5 Å². The summed E-state index contributed by atoms with van der Waals surface area (Å²) in [5.41, 5.74) is 0.426. The Morgan fingerprint density at radius 1 is 1.43 bits per heavy atom. The molecule has 0 fully saturated rings. The van der Waals surface area contributed by atoms with Gasteiger partial charge in [0.1, 0.15) is 10.5 Å². The Kier molecular flexibility index (Phi) is 5.51. The predicted molar refractivity (Wildman–Crippen MR) is 88.0 cm³/mol. The van der Waals surface area contributed by atoms with Crippen LogP contribution in [0.4, 0.5) is 4.39 Å². The highest BCUT2D eigenvalue weighted by Crippen LogP contribution is 2.26. The molecule has 1 unspecified atom stereocenters. The maximum atomic E-state index is 13.6. The minimum absolute atomic E-state index is 0.153. The van der Waals surface area contributed by atoms with E-state index >= 15 is 0 Å². The maximum absolute atomic E-state index is 13.6. The van der Waals surface area contributed by atoms with Crippen LogP contribution in [-0.4, -0.2) is 20.1 Å². The highest BCUT2D eigenvalue weighted by Gasteiger charge is 2.36. The van der Waals surface area contributed by atoms with Gasteiger partial charge in [0, 0.05) is 18.6 Å². The molecule has 2 aromatic rings. The molecule has 2 rings (SSSR count). The van der Waals surface area contributed by atoms with Crippen molar-refractivity contribution >= 4 is 37.7 Å². The standard InChI is InChI=1S/C15H16FNO4S2/c1-3-15(23(18,19)20)17-12-10-11(16)7-8-13(12)22-14(17)6-4-5-9-21-2/h4-10,15H,3H2,1-2H3/p+1/b6-4+,9-5+. The molecule has 0 bridgehead atoms. The van der Waals surface area contributed by atoms with Gasteiger partial charge in [-0.05, 0) is 18.2 Å². The smallest absolute Gasteiger partial charge is 0.329 e. The van der Waals surface area contributed by atoms with Crippen molar-refractivity contribution in [3.8, 4) is 0 Å². The molecule has 1 aromatic heterocycles. The molecule has 5 nitrogen and oxygen atoms in total. The van der Waals surface area contributed by atoms with E-state index < -0.39 is 21.3 Å². The van der Waals surface area contributed by atoms with Crippen LogP contribution in [0.3, 0.4) is 0 Å². The van der Waals surface area contributed by atoms with Crippen LogP contribution >= 0.6 is 11.3 Å². The Morgan fingerprint density at radius 3 is 2.78 bits per heavy atom. The number of allylic oxidation sites excluding steroid dienone is 2. The van der Waals surface area contributed by atoms with Gasteiger partial charge in [-0.3, -0.25) is 4.55 Å². The maximum Gasteiger partial charge on any atom is 0.329 e. The zero-order valence-electron chi connectivity index (χ0n) is 12.6. The molecule has 0 saturated heterocycles. The Labute approximate surface area is 138 Å². The summed E-state index contributed by atoms with van der Waals surface area (Å²) in [6, 6.07) is 4.17. The highest BCUT2D eigenvalue weighted by molar-refractivity contribution is 7.85. The SMILES string of the molecule is CCC([n+]1c(/C=C/C=C/OC)sc2ccc(F)cc21)S(=O)(=O)O. The van der Waals surface area contributed by atoms with Crippen molar-refractivity contribution in [2.45, 2.75) is 18.7 Å². The van der Waals surface area contributed by atoms with Crippen LogP contribution in [0.1, 0.15) is 23.7 Å². The molecule has 0 saturated carbocycles. The van der Waals surface area contributed by atoms with E-state index in [1.165, 1.54) is 41.4 Å². The Morgan fingerprint density at radius 2 is 2.17 bits per heavy atom. The van der Waals surface area contributed by atoms with Crippen LogP contribution in [0.5, 0.6) is 0 Å². The van der Waals surface area contributed by atoms with E-state index in [4.69, 9.17) is 4.74 Å². The monoisotopic (exact) mass is 358 g/mol. The largest absolute Gasteiger partial charge is 0.504 e. The molecule has 0 aliphatic heterocycles. The van der Waals surface area contributed by atoms with E-state index in [9.17, 15) is 17.4 Å². The van der Waals surface area contributed by atoms with Gasteiger partial charge in [-0.2, -0.15) is 13.0 Å². The minimum atomic E-state index is -4.33. The van der Waals surface area contributed by atoms with Crippen molar-refractivity contribution < 1.29 is 26.7 Å². The number of aromatic nitrogens is 1. The third-order valence-corrected chi connectivity index (χ3v) is 5.52. The van der Waals surface area contributed by atoms with Crippen molar-refractivity contribution in [3.05, 3.63) is 47.4 Å². The fourth-order valence-corrected chi connectivity index (χ4v) is 4.32. The lowest BCUT2D eigenvalue weighted by Crippen LogP contribution is -2.44. The lowest BCUT2D eigenvalue weighted by Gasteiger charge is -2.07. The molecule has 1 atom stereocenters. The molecule has 0 aliphatic carbocycles. The second-order valence-corrected chi connectivity index (χ2v) is 7.36. The number of benzene rings is 1. The summed E-state index contributed by atoms with van der Waals surface area (Å²) >= 11 is 1.31. The number of halogens is 1. The van der Waals surface area contributed by atoms with Crippen LogP contribution in [0.15, 0.2) is 36.6 Å². The second kappa shape index (κ2) is 7.20. The van der Waals surface area contributed by atoms with Crippen LogP contribution in [0.2, 0.25) is 0 Å². The molecular formula is C15H17FNO4S2+. The number of ether oxygens (including phenoxy) is 1. The molecule has 0 radical (unpaired) electrons. The van der Waals surface area contributed by atoms with E-state index in [2.05, 4.69) is 0 Å². The van der Waals surface area contributed by atoms with E-state index in [1.54, 1.807) is 31.2 Å². The molecule has 1 N–H and O–H groups in total. The number of rotatable bonds is 6. The Bertz CT molecular complexity index is 856. The van der Waals surface area contributed by atoms with Gasteiger partial charge in [-0.1, -0.05) is 24.3 Å². The van der Waals surface area contributed by atoms with Gasteiger partial charge in [0.05, 0.1) is 13.4 Å². The van der Waals surface area contributed by atoms with Crippen LogP contribution in [0.25, 0.3) is 16.3 Å². The Balaban J connectivity index is 2.68. The number of thiazole rings is 1. The molecule has 1 heterocycles. The molecule has 1 aromatic carbocycles. The fraction of sp³-hybridized carbons (Fsp3) is 0.267. The number of methoxy groups -OCH3 is 1. The minimum Gasteiger partial charge on any atom is -0.504 e. The van der Waals surface area contributed by atoms with Gasteiger partial charge < -0.3 is 4.74 Å². The quantitative estimate of drug-likeness (QED) is 0.372. The predicted octanol–water partition coefficient (Wildman–Crippen LogP) is 3.30. The lowest BCUT2D eigenvalue weighted by molar-refractivity contribution is -0.674.